The first-order valence-corrected chi connectivity index (χ1v) is 11.2. The Morgan fingerprint density at radius 1 is 1.15 bits per heavy atom. The van der Waals surface area contributed by atoms with Gasteiger partial charge in [0.1, 0.15) is 11.6 Å². The SMILES string of the molecule is CN(C)CCNc1nc(N2CCNCC2)c2cc(Cl)c(-c3nc(N)ccc3C(F)(F)F)cc2n1. The van der Waals surface area contributed by atoms with Crippen molar-refractivity contribution in [1.29, 1.82) is 0 Å². The molecule has 4 N–H and O–H groups in total. The molecule has 34 heavy (non-hydrogen) atoms. The molecule has 0 spiro atoms. The molecule has 12 heteroatoms. The predicted molar refractivity (Wildman–Crippen MR) is 129 cm³/mol. The highest BCUT2D eigenvalue weighted by Crippen LogP contribution is 2.41. The molecule has 0 saturated carbocycles. The third kappa shape index (κ3) is 5.26. The van der Waals surface area contributed by atoms with Crippen molar-refractivity contribution in [3.8, 4) is 11.3 Å². The summed E-state index contributed by atoms with van der Waals surface area (Å²) in [5.41, 5.74) is 5.05. The molecule has 1 aliphatic heterocycles. The van der Waals surface area contributed by atoms with Gasteiger partial charge in [0.15, 0.2) is 0 Å². The summed E-state index contributed by atoms with van der Waals surface area (Å²) in [4.78, 5) is 17.4. The minimum absolute atomic E-state index is 0.0330. The average molecular weight is 495 g/mol. The van der Waals surface area contributed by atoms with Crippen molar-refractivity contribution >= 4 is 40.1 Å². The number of nitrogen functional groups attached to an aromatic ring is 1. The summed E-state index contributed by atoms with van der Waals surface area (Å²) in [6.45, 7) is 4.42. The number of anilines is 3. The molecule has 0 bridgehead atoms. The zero-order valence-corrected chi connectivity index (χ0v) is 19.6. The summed E-state index contributed by atoms with van der Waals surface area (Å²) in [5, 5.41) is 7.29. The summed E-state index contributed by atoms with van der Waals surface area (Å²) in [6, 6.07) is 5.18. The topological polar surface area (TPSA) is 95.2 Å². The maximum atomic E-state index is 13.7. The van der Waals surface area contributed by atoms with Crippen molar-refractivity contribution in [3.05, 3.63) is 34.9 Å². The van der Waals surface area contributed by atoms with Crippen LogP contribution in [0.2, 0.25) is 5.02 Å². The van der Waals surface area contributed by atoms with Gasteiger partial charge in [-0.05, 0) is 38.4 Å². The van der Waals surface area contributed by atoms with Gasteiger partial charge in [-0.15, -0.1) is 0 Å². The van der Waals surface area contributed by atoms with Crippen molar-refractivity contribution in [2.24, 2.45) is 0 Å². The molecule has 1 aromatic carbocycles. The van der Waals surface area contributed by atoms with Crippen molar-refractivity contribution in [3.63, 3.8) is 0 Å². The van der Waals surface area contributed by atoms with Gasteiger partial charge in [0, 0.05) is 50.2 Å². The van der Waals surface area contributed by atoms with Crippen molar-refractivity contribution in [2.75, 3.05) is 69.3 Å². The van der Waals surface area contributed by atoms with Crippen LogP contribution in [0.5, 0.6) is 0 Å². The summed E-state index contributed by atoms with van der Waals surface area (Å²) >= 11 is 6.53. The number of pyridine rings is 1. The van der Waals surface area contributed by atoms with E-state index in [2.05, 4.69) is 25.5 Å². The highest BCUT2D eigenvalue weighted by Gasteiger charge is 2.35. The van der Waals surface area contributed by atoms with Crippen LogP contribution in [0.4, 0.5) is 30.8 Å². The second kappa shape index (κ2) is 9.77. The monoisotopic (exact) mass is 494 g/mol. The number of nitrogens with two attached hydrogens (primary N) is 1. The fourth-order valence-corrected chi connectivity index (χ4v) is 4.06. The Bertz CT molecular complexity index is 1180. The molecule has 0 amide bonds. The Morgan fingerprint density at radius 2 is 1.88 bits per heavy atom. The number of nitrogens with one attached hydrogen (secondary N) is 2. The Labute approximate surface area is 200 Å². The van der Waals surface area contributed by atoms with E-state index in [0.717, 1.165) is 44.9 Å². The van der Waals surface area contributed by atoms with Crippen molar-refractivity contribution in [1.82, 2.24) is 25.2 Å². The fourth-order valence-electron chi connectivity index (χ4n) is 3.81. The molecule has 0 radical (unpaired) electrons. The lowest BCUT2D eigenvalue weighted by atomic mass is 10.0. The van der Waals surface area contributed by atoms with Crippen LogP contribution in [0.15, 0.2) is 24.3 Å². The molecule has 2 aromatic heterocycles. The second-order valence-electron chi connectivity index (χ2n) is 8.32. The van der Waals surface area contributed by atoms with Crippen molar-refractivity contribution < 1.29 is 13.2 Å². The zero-order chi connectivity index (χ0) is 24.5. The molecule has 0 aliphatic carbocycles. The lowest BCUT2D eigenvalue weighted by molar-refractivity contribution is -0.137. The number of hydrogen-bond acceptors (Lipinski definition) is 8. The molecule has 1 saturated heterocycles. The third-order valence-electron chi connectivity index (χ3n) is 5.50. The number of rotatable bonds is 6. The normalized spacial score (nSPS) is 14.7. The molecule has 182 valence electrons. The van der Waals surface area contributed by atoms with E-state index < -0.39 is 11.7 Å². The minimum Gasteiger partial charge on any atom is -0.384 e. The van der Waals surface area contributed by atoms with Gasteiger partial charge < -0.3 is 26.2 Å². The number of aromatic nitrogens is 3. The summed E-state index contributed by atoms with van der Waals surface area (Å²) in [6.07, 6.45) is -4.62. The Kier molecular flexibility index (Phi) is 6.96. The van der Waals surface area contributed by atoms with Gasteiger partial charge in [-0.25, -0.2) is 9.97 Å². The third-order valence-corrected chi connectivity index (χ3v) is 5.81. The standard InChI is InChI=1S/C22H26ClF3N8/c1-33(2)8-7-29-21-30-17-12-13(19-15(22(24,25)26)3-4-18(27)31-19)16(23)11-14(17)20(32-21)34-9-5-28-6-10-34/h3-4,11-12,28H,5-10H2,1-2H3,(H2,27,31)(H,29,30,32). The number of benzene rings is 1. The van der Waals surface area contributed by atoms with E-state index >= 15 is 0 Å². The van der Waals surface area contributed by atoms with Crippen LogP contribution in [-0.4, -0.2) is 73.2 Å². The first-order chi connectivity index (χ1) is 16.1. The van der Waals surface area contributed by atoms with Crippen LogP contribution in [-0.2, 0) is 6.18 Å². The van der Waals surface area contributed by atoms with Crippen LogP contribution in [0.25, 0.3) is 22.2 Å². The van der Waals surface area contributed by atoms with Gasteiger partial charge in [0.25, 0.3) is 0 Å². The molecule has 1 aliphatic rings. The van der Waals surface area contributed by atoms with Gasteiger partial charge in [0.2, 0.25) is 5.95 Å². The van der Waals surface area contributed by atoms with Crippen LogP contribution in [0.3, 0.4) is 0 Å². The molecule has 8 nitrogen and oxygen atoms in total. The van der Waals surface area contributed by atoms with Crippen LogP contribution in [0, 0.1) is 0 Å². The van der Waals surface area contributed by atoms with Gasteiger partial charge in [-0.1, -0.05) is 11.6 Å². The molecule has 3 heterocycles. The Balaban J connectivity index is 1.87. The molecule has 3 aromatic rings. The van der Waals surface area contributed by atoms with Crippen LogP contribution < -0.4 is 21.3 Å². The summed E-state index contributed by atoms with van der Waals surface area (Å²) < 4.78 is 41.1. The molecule has 1 fully saturated rings. The van der Waals surface area contributed by atoms with Gasteiger partial charge >= 0.3 is 6.18 Å². The van der Waals surface area contributed by atoms with Gasteiger partial charge in [-0.3, -0.25) is 0 Å². The van der Waals surface area contributed by atoms with Gasteiger partial charge in [0.05, 0.1) is 21.8 Å². The Morgan fingerprint density at radius 3 is 2.56 bits per heavy atom. The highest BCUT2D eigenvalue weighted by atomic mass is 35.5. The predicted octanol–water partition coefficient (Wildman–Crippen LogP) is 3.33. The maximum Gasteiger partial charge on any atom is 0.418 e. The highest BCUT2D eigenvalue weighted by molar-refractivity contribution is 6.34. The number of nitrogens with zero attached hydrogens (tertiary/aromatic N) is 5. The first kappa shape index (κ1) is 24.2. The summed E-state index contributed by atoms with van der Waals surface area (Å²) in [7, 11) is 3.92. The van der Waals surface area contributed by atoms with Gasteiger partial charge in [-0.2, -0.15) is 18.2 Å². The van der Waals surface area contributed by atoms with E-state index in [1.165, 1.54) is 6.07 Å². The zero-order valence-electron chi connectivity index (χ0n) is 18.9. The maximum absolute atomic E-state index is 13.7. The number of piperazine rings is 1. The molecule has 0 unspecified atom stereocenters. The summed E-state index contributed by atoms with van der Waals surface area (Å²) in [5.74, 6) is 1.05. The largest absolute Gasteiger partial charge is 0.418 e. The van der Waals surface area contributed by atoms with E-state index in [9.17, 15) is 13.2 Å². The fraction of sp³-hybridized carbons (Fsp3) is 0.409. The van der Waals surface area contributed by atoms with E-state index in [1.807, 2.05) is 19.0 Å². The number of alkyl halides is 3. The van der Waals surface area contributed by atoms with Crippen LogP contribution >= 0.6 is 11.6 Å². The molecular formula is C22H26ClF3N8. The molecule has 0 atom stereocenters. The molecule has 4 rings (SSSR count). The van der Waals surface area contributed by atoms with E-state index in [0.29, 0.717) is 29.2 Å². The number of likely N-dealkylation sites (N-methyl/N-ethyl adjacent to an activating group) is 1. The number of halogens is 4. The first-order valence-electron chi connectivity index (χ1n) is 10.8. The van der Waals surface area contributed by atoms with E-state index in [-0.39, 0.29) is 22.1 Å². The minimum atomic E-state index is -4.62. The van der Waals surface area contributed by atoms with E-state index in [4.69, 9.17) is 22.3 Å². The average Bonchev–Trinajstić information content (AvgIpc) is 2.78. The smallest absolute Gasteiger partial charge is 0.384 e. The van der Waals surface area contributed by atoms with Crippen LogP contribution in [0.1, 0.15) is 5.56 Å². The quantitative estimate of drug-likeness (QED) is 0.480. The Hall–Kier alpha value is -2.89. The van der Waals surface area contributed by atoms with Crippen molar-refractivity contribution in [2.45, 2.75) is 6.18 Å². The number of fused-ring (bicyclic) bond motifs is 1. The number of hydrogen-bond donors (Lipinski definition) is 3. The lowest BCUT2D eigenvalue weighted by Gasteiger charge is -2.29. The van der Waals surface area contributed by atoms with E-state index in [1.54, 1.807) is 6.07 Å². The second-order valence-corrected chi connectivity index (χ2v) is 8.72. The molecular weight excluding hydrogens is 469 g/mol. The lowest BCUT2D eigenvalue weighted by Crippen LogP contribution is -2.44.